The first-order valence-electron chi connectivity index (χ1n) is 12.0. The molecule has 1 saturated heterocycles. The zero-order chi connectivity index (χ0) is 23.7. The summed E-state index contributed by atoms with van der Waals surface area (Å²) in [7, 11) is 0. The highest BCUT2D eigenvalue weighted by Gasteiger charge is 2.31. The van der Waals surface area contributed by atoms with Gasteiger partial charge in [0.05, 0.1) is 11.1 Å². The molecule has 2 atom stereocenters. The van der Waals surface area contributed by atoms with E-state index in [1.165, 1.54) is 22.2 Å². The summed E-state index contributed by atoms with van der Waals surface area (Å²) >= 11 is 2.94. The van der Waals surface area contributed by atoms with Crippen LogP contribution in [0.2, 0.25) is 0 Å². The van der Waals surface area contributed by atoms with Crippen molar-refractivity contribution in [2.24, 2.45) is 17.6 Å². The number of piperidine rings is 1. The van der Waals surface area contributed by atoms with Crippen molar-refractivity contribution in [3.05, 3.63) is 20.8 Å². The van der Waals surface area contributed by atoms with Crippen molar-refractivity contribution in [3.8, 4) is 0 Å². The number of rotatable bonds is 7. The number of carbonyl (C=O) groups is 2. The average Bonchev–Trinajstić information content (AvgIpc) is 3.14. The number of nitrogens with zero attached hydrogens (tertiary/aromatic N) is 3. The first-order valence-corrected chi connectivity index (χ1v) is 13.8. The van der Waals surface area contributed by atoms with Crippen molar-refractivity contribution in [1.29, 1.82) is 0 Å². The molecule has 0 spiro atoms. The molecular formula is C24H34N4O3S2. The third kappa shape index (κ3) is 5.14. The zero-order valence-corrected chi connectivity index (χ0v) is 21.4. The normalized spacial score (nSPS) is 20.9. The lowest BCUT2D eigenvalue weighted by molar-refractivity contribution is -0.138. The Hall–Kier alpha value is -1.87. The Morgan fingerprint density at radius 2 is 2.06 bits per heavy atom. The fourth-order valence-electron chi connectivity index (χ4n) is 4.83. The maximum atomic E-state index is 13.6. The third-order valence-electron chi connectivity index (χ3n) is 6.79. The molecule has 0 radical (unpaired) electrons. The van der Waals surface area contributed by atoms with Crippen molar-refractivity contribution < 1.29 is 9.59 Å². The summed E-state index contributed by atoms with van der Waals surface area (Å²) < 4.78 is 1.77. The topological polar surface area (TPSA) is 98.3 Å². The summed E-state index contributed by atoms with van der Waals surface area (Å²) in [6, 6.07) is -0.531. The molecule has 2 aromatic heterocycles. The zero-order valence-electron chi connectivity index (χ0n) is 19.8. The number of nitrogens with two attached hydrogens (primary N) is 1. The van der Waals surface area contributed by atoms with E-state index in [0.29, 0.717) is 36.5 Å². The quantitative estimate of drug-likeness (QED) is 0.472. The number of carbonyl (C=O) groups excluding carboxylic acids is 2. The second-order valence-electron chi connectivity index (χ2n) is 9.86. The monoisotopic (exact) mass is 490 g/mol. The highest BCUT2D eigenvalue weighted by molar-refractivity contribution is 7.99. The van der Waals surface area contributed by atoms with Gasteiger partial charge in [-0.3, -0.25) is 19.0 Å². The number of hydrogen-bond acceptors (Lipinski definition) is 6. The molecule has 4 rings (SSSR count). The van der Waals surface area contributed by atoms with E-state index in [0.717, 1.165) is 48.7 Å². The highest BCUT2D eigenvalue weighted by atomic mass is 32.2. The molecule has 0 aromatic carbocycles. The molecule has 2 aliphatic rings. The minimum Gasteiger partial charge on any atom is -0.368 e. The smallest absolute Gasteiger partial charge is 0.263 e. The van der Waals surface area contributed by atoms with Crippen LogP contribution in [0.3, 0.4) is 0 Å². The van der Waals surface area contributed by atoms with E-state index in [1.54, 1.807) is 20.8 Å². The van der Waals surface area contributed by atoms with Crippen molar-refractivity contribution in [2.75, 3.05) is 12.3 Å². The maximum Gasteiger partial charge on any atom is 0.263 e. The van der Waals surface area contributed by atoms with E-state index in [1.807, 2.05) is 0 Å². The van der Waals surface area contributed by atoms with Crippen molar-refractivity contribution in [3.63, 3.8) is 0 Å². The molecule has 2 unspecified atom stereocenters. The summed E-state index contributed by atoms with van der Waals surface area (Å²) in [5.74, 6) is 0.662. The number of aromatic nitrogens is 2. The number of hydrogen-bond donors (Lipinski definition) is 1. The van der Waals surface area contributed by atoms with Gasteiger partial charge < -0.3 is 10.6 Å². The van der Waals surface area contributed by atoms with Gasteiger partial charge in [0.25, 0.3) is 5.56 Å². The van der Waals surface area contributed by atoms with Crippen LogP contribution in [0.1, 0.15) is 63.3 Å². The van der Waals surface area contributed by atoms with E-state index < -0.39 is 11.9 Å². The Morgan fingerprint density at radius 3 is 2.79 bits per heavy atom. The van der Waals surface area contributed by atoms with Crippen molar-refractivity contribution in [2.45, 2.75) is 83.5 Å². The van der Waals surface area contributed by atoms with Gasteiger partial charge in [0.1, 0.15) is 10.9 Å². The summed E-state index contributed by atoms with van der Waals surface area (Å²) in [4.78, 5) is 47.0. The van der Waals surface area contributed by atoms with Crippen LogP contribution in [0.25, 0.3) is 10.2 Å². The Morgan fingerprint density at radius 1 is 1.27 bits per heavy atom. The van der Waals surface area contributed by atoms with Crippen LogP contribution in [-0.4, -0.2) is 44.6 Å². The molecule has 7 nitrogen and oxygen atoms in total. The molecule has 1 fully saturated rings. The predicted octanol–water partition coefficient (Wildman–Crippen LogP) is 3.59. The van der Waals surface area contributed by atoms with Gasteiger partial charge in [0.2, 0.25) is 11.8 Å². The summed E-state index contributed by atoms with van der Waals surface area (Å²) in [6.07, 6.45) is 6.31. The number of amides is 2. The summed E-state index contributed by atoms with van der Waals surface area (Å²) in [5.41, 5.74) is 6.75. The van der Waals surface area contributed by atoms with E-state index >= 15 is 0 Å². The van der Waals surface area contributed by atoms with Gasteiger partial charge in [-0.05, 0) is 62.3 Å². The number of thioether (sulfide) groups is 1. The summed E-state index contributed by atoms with van der Waals surface area (Å²) in [6.45, 7) is 7.68. The van der Waals surface area contributed by atoms with Gasteiger partial charge in [-0.15, -0.1) is 11.3 Å². The minimum absolute atomic E-state index is 0.0237. The molecule has 0 bridgehead atoms. The van der Waals surface area contributed by atoms with Gasteiger partial charge in [-0.25, -0.2) is 4.98 Å². The number of likely N-dealkylation sites (tertiary alicyclic amines) is 1. The number of fused-ring (bicyclic) bond motifs is 3. The van der Waals surface area contributed by atoms with Crippen molar-refractivity contribution >= 4 is 45.1 Å². The number of thiophene rings is 1. The molecule has 3 heterocycles. The Labute approximate surface area is 203 Å². The molecule has 1 aliphatic heterocycles. The predicted molar refractivity (Wildman–Crippen MR) is 134 cm³/mol. The van der Waals surface area contributed by atoms with E-state index in [4.69, 9.17) is 10.7 Å². The maximum absolute atomic E-state index is 13.6. The van der Waals surface area contributed by atoms with E-state index in [-0.39, 0.29) is 17.2 Å². The molecule has 9 heteroatoms. The van der Waals surface area contributed by atoms with E-state index in [2.05, 4.69) is 20.8 Å². The van der Waals surface area contributed by atoms with Crippen LogP contribution < -0.4 is 11.3 Å². The molecule has 180 valence electrons. The Balaban J connectivity index is 1.64. The third-order valence-corrected chi connectivity index (χ3v) is 8.90. The van der Waals surface area contributed by atoms with E-state index in [9.17, 15) is 14.4 Å². The molecule has 2 N–H and O–H groups in total. The largest absolute Gasteiger partial charge is 0.368 e. The number of aryl methyl sites for hydroxylation is 1. The van der Waals surface area contributed by atoms with Gasteiger partial charge in [0.15, 0.2) is 5.16 Å². The van der Waals surface area contributed by atoms with Crippen molar-refractivity contribution in [1.82, 2.24) is 14.5 Å². The van der Waals surface area contributed by atoms with Crippen LogP contribution in [0.5, 0.6) is 0 Å². The summed E-state index contributed by atoms with van der Waals surface area (Å²) in [5, 5.41) is 1.38. The Bertz CT molecular complexity index is 1110. The average molecular weight is 491 g/mol. The minimum atomic E-state index is -0.531. The number of primary amides is 1. The lowest BCUT2D eigenvalue weighted by Crippen LogP contribution is -2.51. The van der Waals surface area contributed by atoms with Crippen LogP contribution in [0, 0.1) is 11.8 Å². The Kier molecular flexibility index (Phi) is 7.48. The van der Waals surface area contributed by atoms with Crippen LogP contribution in [-0.2, 0) is 29.0 Å². The second kappa shape index (κ2) is 10.2. The fourth-order valence-corrected chi connectivity index (χ4v) is 7.17. The fraction of sp³-hybridized carbons (Fsp3) is 0.667. The van der Waals surface area contributed by atoms with Gasteiger partial charge in [0, 0.05) is 18.0 Å². The van der Waals surface area contributed by atoms with Crippen LogP contribution in [0.4, 0.5) is 0 Å². The lowest BCUT2D eigenvalue weighted by atomic mass is 9.89. The van der Waals surface area contributed by atoms with Crippen LogP contribution in [0.15, 0.2) is 9.95 Å². The lowest BCUT2D eigenvalue weighted by Gasteiger charge is -2.33. The molecule has 1 aliphatic carbocycles. The molecule has 2 amide bonds. The second-order valence-corrected chi connectivity index (χ2v) is 11.9. The van der Waals surface area contributed by atoms with Crippen LogP contribution >= 0.6 is 23.1 Å². The standard InChI is InChI=1S/C24H34N4O3S2/c1-14(2)9-11-28-23(31)20-16-8-7-15(3)12-18(16)33-22(20)26-24(28)32-13-19(29)27-10-5-4-6-17(27)21(25)30/h14-15,17H,4-13H2,1-3H3,(H2,25,30). The van der Waals surface area contributed by atoms with Gasteiger partial charge >= 0.3 is 0 Å². The molecular weight excluding hydrogens is 456 g/mol. The van der Waals surface area contributed by atoms with Gasteiger partial charge in [-0.1, -0.05) is 32.5 Å². The van der Waals surface area contributed by atoms with Gasteiger partial charge in [-0.2, -0.15) is 0 Å². The SMILES string of the molecule is CC(C)CCn1c(SCC(=O)N2CCCCC2C(N)=O)nc2sc3c(c2c1=O)CCC(C)C3. The molecule has 0 saturated carbocycles. The highest BCUT2D eigenvalue weighted by Crippen LogP contribution is 2.36. The first-order chi connectivity index (χ1) is 15.8. The molecule has 33 heavy (non-hydrogen) atoms. The molecule has 2 aromatic rings. The first kappa shape index (κ1) is 24.3.